The number of ether oxygens (including phenoxy) is 8. The van der Waals surface area contributed by atoms with Gasteiger partial charge in [-0.05, 0) is 32.7 Å². The van der Waals surface area contributed by atoms with Gasteiger partial charge < -0.3 is 52.1 Å². The van der Waals surface area contributed by atoms with Gasteiger partial charge in [-0.3, -0.25) is 0 Å². The summed E-state index contributed by atoms with van der Waals surface area (Å²) in [7, 11) is 4.92. The molecule has 0 aromatic carbocycles. The molecule has 0 radical (unpaired) electrons. The van der Waals surface area contributed by atoms with Crippen molar-refractivity contribution in [1.29, 1.82) is 0 Å². The van der Waals surface area contributed by atoms with Crippen molar-refractivity contribution in [3.8, 4) is 0 Å². The first-order chi connectivity index (χ1) is 21.0. The largest absolute Gasteiger partial charge is 1.00 e. The molecule has 4 saturated heterocycles. The Morgan fingerprint density at radius 2 is 0.667 bits per heavy atom. The molecule has 45 heavy (non-hydrogen) atoms. The van der Waals surface area contributed by atoms with Gasteiger partial charge in [0.05, 0.1) is 79.3 Å². The summed E-state index contributed by atoms with van der Waals surface area (Å²) in [6, 6.07) is 0. The fraction of sp³-hybridized carbons (Fsp3) is 1.00. The topological polar surface area (TPSA) is 83.6 Å². The number of hydrogen-bond acceptors (Lipinski definition) is 11. The summed E-state index contributed by atoms with van der Waals surface area (Å²) in [5.74, 6) is 0. The van der Waals surface area contributed by atoms with Crippen LogP contribution in [0.15, 0.2) is 0 Å². The molecule has 260 valence electrons. The molecule has 18 heteroatoms. The SMILES string of the molecule is C1CCOC1.C1CCOC1.C1COCCOCCOCCOCCOCCO1.CB1N(C)B(C)N(C)[B-](C)(C(F)(F)F)N1C.[K+]. The molecule has 0 aliphatic carbocycles. The van der Waals surface area contributed by atoms with Gasteiger partial charge in [0.25, 0.3) is 20.0 Å². The maximum absolute atomic E-state index is 13.2. The van der Waals surface area contributed by atoms with E-state index in [0.717, 1.165) is 26.4 Å². The summed E-state index contributed by atoms with van der Waals surface area (Å²) < 4.78 is 86.3. The first-order valence-electron chi connectivity index (χ1n) is 16.1. The van der Waals surface area contributed by atoms with Crippen molar-refractivity contribution in [1.82, 2.24) is 14.2 Å². The van der Waals surface area contributed by atoms with Crippen LogP contribution in [-0.4, -0.2) is 167 Å². The molecule has 11 nitrogen and oxygen atoms in total. The first-order valence-corrected chi connectivity index (χ1v) is 16.1. The smallest absolute Gasteiger partial charge is 0.488 e. The Morgan fingerprint density at radius 3 is 0.822 bits per heavy atom. The van der Waals surface area contributed by atoms with Crippen LogP contribution in [0.4, 0.5) is 13.2 Å². The summed E-state index contributed by atoms with van der Waals surface area (Å²) in [6.45, 7) is 15.5. The zero-order valence-electron chi connectivity index (χ0n) is 29.1. The van der Waals surface area contributed by atoms with Crippen LogP contribution in [0.25, 0.3) is 0 Å². The molecule has 0 aromatic heterocycles. The molecule has 0 bridgehead atoms. The number of nitrogens with zero attached hydrogens (tertiary/aromatic N) is 3. The minimum absolute atomic E-state index is 0. The third kappa shape index (κ3) is 19.2. The van der Waals surface area contributed by atoms with Gasteiger partial charge in [-0.25, -0.2) is 13.2 Å². The monoisotopic (exact) mass is 681 g/mol. The second-order valence-electron chi connectivity index (χ2n) is 11.3. The molecule has 0 atom stereocenters. The molecule has 4 aliphatic heterocycles. The maximum atomic E-state index is 13.2. The fourth-order valence-corrected chi connectivity index (χ4v) is 4.82. The second kappa shape index (κ2) is 27.9. The summed E-state index contributed by atoms with van der Waals surface area (Å²) in [5, 5.41) is 0. The van der Waals surface area contributed by atoms with Crippen LogP contribution in [0.2, 0.25) is 20.5 Å². The molecule has 0 spiro atoms. The van der Waals surface area contributed by atoms with Crippen LogP contribution < -0.4 is 51.4 Å². The Kier molecular flexibility index (Phi) is 28.7. The molecule has 0 aromatic rings. The molecule has 0 N–H and O–H groups in total. The van der Waals surface area contributed by atoms with Gasteiger partial charge in [-0.2, -0.15) is 6.82 Å². The van der Waals surface area contributed by atoms with Gasteiger partial charge in [0, 0.05) is 26.4 Å². The molecular weight excluding hydrogens is 623 g/mol. The van der Waals surface area contributed by atoms with Crippen molar-refractivity contribution in [3.63, 3.8) is 0 Å². The molecule has 0 unspecified atom stereocenters. The van der Waals surface area contributed by atoms with Gasteiger partial charge >= 0.3 is 51.4 Å². The Hall–Kier alpha value is 1.18. The molecule has 0 saturated carbocycles. The summed E-state index contributed by atoms with van der Waals surface area (Å²) in [6.07, 6.45) is -1.77. The maximum Gasteiger partial charge on any atom is 1.00 e. The molecule has 0 amide bonds. The van der Waals surface area contributed by atoms with Crippen molar-refractivity contribution in [2.24, 2.45) is 0 Å². The molecular formula is C27H58B3F3KN3O8. The van der Waals surface area contributed by atoms with Crippen LogP contribution >= 0.6 is 0 Å². The molecule has 4 aliphatic rings. The van der Waals surface area contributed by atoms with Gasteiger partial charge in [-0.15, -0.1) is 0 Å². The van der Waals surface area contributed by atoms with Crippen LogP contribution in [0.5, 0.6) is 0 Å². The third-order valence-electron chi connectivity index (χ3n) is 8.45. The van der Waals surface area contributed by atoms with Gasteiger partial charge in [-0.1, -0.05) is 27.7 Å². The standard InChI is InChI=1S/C12H24O6.C7H18B3F3N3.2C4H8O.K/c1-2-14-5-6-16-9-10-18-12-11-17-8-7-15-4-3-13-1;1-8-14(4)9(2)16(6)10(3,15(8)5)7(11,12)13;2*1-2-4-5-3-1;/h1-12H2;1-6H3;2*1-4H2;/q;-1;;;+1. The quantitative estimate of drug-likeness (QED) is 0.322. The van der Waals surface area contributed by atoms with Gasteiger partial charge in [0.2, 0.25) is 6.42 Å². The van der Waals surface area contributed by atoms with E-state index in [9.17, 15) is 13.2 Å². The van der Waals surface area contributed by atoms with Crippen LogP contribution in [0, 0.1) is 0 Å². The first kappa shape index (κ1) is 46.2. The molecule has 4 rings (SSSR count). The van der Waals surface area contributed by atoms with E-state index in [4.69, 9.17) is 37.9 Å². The third-order valence-corrected chi connectivity index (χ3v) is 8.45. The normalized spacial score (nSPS) is 23.9. The average molecular weight is 681 g/mol. The molecule has 4 fully saturated rings. The van der Waals surface area contributed by atoms with E-state index < -0.39 is 12.5 Å². The van der Waals surface area contributed by atoms with Crippen molar-refractivity contribution in [2.75, 3.05) is 127 Å². The number of alkyl halides is 3. The van der Waals surface area contributed by atoms with Crippen molar-refractivity contribution < 1.29 is 102 Å². The fourth-order valence-electron chi connectivity index (χ4n) is 4.82. The van der Waals surface area contributed by atoms with E-state index in [2.05, 4.69) is 0 Å². The number of hydrogen-bond donors (Lipinski definition) is 0. The zero-order chi connectivity index (χ0) is 32.7. The Morgan fingerprint density at radius 1 is 0.467 bits per heavy atom. The average Bonchev–Trinajstić information content (AvgIpc) is 3.78. The van der Waals surface area contributed by atoms with Crippen molar-refractivity contribution in [3.05, 3.63) is 0 Å². The van der Waals surface area contributed by atoms with E-state index in [0.29, 0.717) is 79.3 Å². The van der Waals surface area contributed by atoms with Gasteiger partial charge in [0.1, 0.15) is 0 Å². The minimum Gasteiger partial charge on any atom is -0.488 e. The predicted octanol–water partition coefficient (Wildman–Crippen LogP) is -0.0979. The van der Waals surface area contributed by atoms with Crippen LogP contribution in [0.1, 0.15) is 25.7 Å². The van der Waals surface area contributed by atoms with E-state index in [-0.39, 0.29) is 65.3 Å². The minimum atomic E-state index is -4.22. The van der Waals surface area contributed by atoms with E-state index in [1.165, 1.54) is 56.0 Å². The Balaban J connectivity index is 0.000000646. The van der Waals surface area contributed by atoms with Crippen LogP contribution in [0.3, 0.4) is 0 Å². The summed E-state index contributed by atoms with van der Waals surface area (Å²) in [4.78, 5) is 0. The van der Waals surface area contributed by atoms with Gasteiger partial charge in [0.15, 0.2) is 0 Å². The summed E-state index contributed by atoms with van der Waals surface area (Å²) in [5.41, 5.74) is 0. The Bertz CT molecular complexity index is 581. The number of halogens is 3. The molecule has 4 heterocycles. The van der Waals surface area contributed by atoms with E-state index in [1.807, 2.05) is 11.8 Å². The summed E-state index contributed by atoms with van der Waals surface area (Å²) >= 11 is 0. The predicted molar refractivity (Wildman–Crippen MR) is 169 cm³/mol. The van der Waals surface area contributed by atoms with E-state index >= 15 is 0 Å². The Labute approximate surface area is 313 Å². The number of rotatable bonds is 0. The van der Waals surface area contributed by atoms with E-state index in [1.54, 1.807) is 13.6 Å². The van der Waals surface area contributed by atoms with Crippen LogP contribution in [-0.2, 0) is 37.9 Å². The van der Waals surface area contributed by atoms with Crippen molar-refractivity contribution >= 4 is 20.4 Å². The second-order valence-corrected chi connectivity index (χ2v) is 11.3. The zero-order valence-corrected chi connectivity index (χ0v) is 32.2. The van der Waals surface area contributed by atoms with Crippen molar-refractivity contribution in [2.45, 2.75) is 52.2 Å².